The highest BCUT2D eigenvalue weighted by Crippen LogP contribution is 2.37. The molecule has 1 atom stereocenters. The summed E-state index contributed by atoms with van der Waals surface area (Å²) in [6.07, 6.45) is 7.45. The maximum Gasteiger partial charge on any atom is 0.167 e. The van der Waals surface area contributed by atoms with Gasteiger partial charge in [0.1, 0.15) is 12.4 Å². The zero-order valence-corrected chi connectivity index (χ0v) is 27.8. The highest BCUT2D eigenvalue weighted by atomic mass is 19.1. The van der Waals surface area contributed by atoms with Crippen LogP contribution in [0, 0.1) is 17.0 Å². The molecule has 42 heavy (non-hydrogen) atoms. The van der Waals surface area contributed by atoms with Crippen molar-refractivity contribution in [1.29, 1.82) is 0 Å². The minimum Gasteiger partial charge on any atom is -0.489 e. The summed E-state index contributed by atoms with van der Waals surface area (Å²) in [6.45, 7) is 22.7. The Balaban J connectivity index is 0.00000221. The molecule has 0 spiro atoms. The summed E-state index contributed by atoms with van der Waals surface area (Å²) in [5.41, 5.74) is 4.36. The van der Waals surface area contributed by atoms with Crippen LogP contribution in [0.3, 0.4) is 0 Å². The number of anilines is 1. The maximum absolute atomic E-state index is 13.9. The van der Waals surface area contributed by atoms with E-state index in [0.717, 1.165) is 45.0 Å². The lowest BCUT2D eigenvalue weighted by Crippen LogP contribution is -2.32. The van der Waals surface area contributed by atoms with Crippen molar-refractivity contribution in [3.8, 4) is 5.75 Å². The predicted octanol–water partition coefficient (Wildman–Crippen LogP) is 9.36. The molecule has 1 aliphatic carbocycles. The fourth-order valence-electron chi connectivity index (χ4n) is 4.74. The Morgan fingerprint density at radius 1 is 1.02 bits per heavy atom. The van der Waals surface area contributed by atoms with Crippen LogP contribution in [0.4, 0.5) is 18.9 Å². The number of nitrogens with one attached hydrogen (secondary N) is 1. The highest BCUT2D eigenvalue weighted by molar-refractivity contribution is 5.53. The van der Waals surface area contributed by atoms with E-state index in [2.05, 4.69) is 81.6 Å². The number of hydrogen-bond acceptors (Lipinski definition) is 4. The second kappa shape index (κ2) is 21.9. The number of aryl methyl sites for hydroxylation is 1. The second-order valence-corrected chi connectivity index (χ2v) is 11.4. The van der Waals surface area contributed by atoms with E-state index >= 15 is 0 Å². The van der Waals surface area contributed by atoms with Gasteiger partial charge in [0.15, 0.2) is 11.6 Å². The lowest BCUT2D eigenvalue weighted by molar-refractivity contribution is 0.188. The molecule has 0 heterocycles. The van der Waals surface area contributed by atoms with E-state index in [9.17, 15) is 13.2 Å². The number of halogens is 3. The third-order valence-electron chi connectivity index (χ3n) is 6.69. The molecule has 0 bridgehead atoms. The zero-order chi connectivity index (χ0) is 32.1. The number of hydrogen-bond donors (Lipinski definition) is 1. The Morgan fingerprint density at radius 2 is 1.69 bits per heavy atom. The first-order valence-corrected chi connectivity index (χ1v) is 15.5. The number of benzene rings is 2. The first-order valence-electron chi connectivity index (χ1n) is 15.5. The van der Waals surface area contributed by atoms with Crippen LogP contribution in [-0.2, 0) is 6.42 Å². The third kappa shape index (κ3) is 14.5. The van der Waals surface area contributed by atoms with Crippen molar-refractivity contribution >= 4 is 5.69 Å². The summed E-state index contributed by atoms with van der Waals surface area (Å²) in [7, 11) is 2.59. The van der Waals surface area contributed by atoms with E-state index in [1.807, 2.05) is 13.8 Å². The van der Waals surface area contributed by atoms with E-state index in [1.165, 1.54) is 41.8 Å². The molecular formula is C35H58F3N3O. The first-order chi connectivity index (χ1) is 20.1. The molecule has 0 radical (unpaired) electrons. The van der Waals surface area contributed by atoms with Crippen molar-refractivity contribution in [3.05, 3.63) is 71.9 Å². The van der Waals surface area contributed by atoms with Crippen molar-refractivity contribution in [3.63, 3.8) is 0 Å². The molecule has 0 saturated heterocycles. The second-order valence-electron chi connectivity index (χ2n) is 11.4. The average molecular weight is 594 g/mol. The van der Waals surface area contributed by atoms with Gasteiger partial charge in [-0.05, 0) is 79.7 Å². The molecule has 0 fully saturated rings. The normalized spacial score (nSPS) is 13.4. The number of ether oxygens (including phenoxy) is 1. The molecule has 1 N–H and O–H groups in total. The molecule has 1 aliphatic rings. The molecule has 0 aliphatic heterocycles. The molecule has 2 aromatic rings. The van der Waals surface area contributed by atoms with Crippen LogP contribution in [0.15, 0.2) is 49.2 Å². The first kappa shape index (κ1) is 39.3. The SMILES string of the molecule is C=CNCCN(CCCC(C)(C)C)c1ccc2c(c1)C(N(C)CCOc1ccc(F)cc1F)CC2.CC.CCC.CF. The standard InChI is InChI=1S/C29H41F2N3O.C3H8.C2H6.CH3F/c1-6-32-15-17-34(16-7-14-29(2,3)4)24-11-8-22-9-12-27(25(22)21-24)33(5)18-19-35-28-13-10-23(30)20-26(28)31;1-3-2;2*1-2/h6,8,10-11,13,20-21,27,32H,1,7,9,12,14-19H2,2-5H3;3H2,1-2H3;1-2H3;1H3. The lowest BCUT2D eigenvalue weighted by atomic mass is 9.90. The van der Waals surface area contributed by atoms with Gasteiger partial charge in [-0.1, -0.05) is 67.5 Å². The van der Waals surface area contributed by atoms with Crippen LogP contribution < -0.4 is 15.0 Å². The van der Waals surface area contributed by atoms with Crippen LogP contribution in [0.25, 0.3) is 0 Å². The molecule has 1 unspecified atom stereocenters. The molecule has 3 rings (SSSR count). The van der Waals surface area contributed by atoms with Crippen molar-refractivity contribution in [2.24, 2.45) is 5.41 Å². The fourth-order valence-corrected chi connectivity index (χ4v) is 4.74. The van der Waals surface area contributed by atoms with Crippen molar-refractivity contribution in [2.75, 3.05) is 51.9 Å². The van der Waals surface area contributed by atoms with E-state index < -0.39 is 11.6 Å². The Morgan fingerprint density at radius 3 is 2.29 bits per heavy atom. The van der Waals surface area contributed by atoms with Gasteiger partial charge in [0, 0.05) is 44.0 Å². The van der Waals surface area contributed by atoms with Gasteiger partial charge in [0.2, 0.25) is 0 Å². The summed E-state index contributed by atoms with van der Waals surface area (Å²) in [4.78, 5) is 4.75. The molecule has 240 valence electrons. The van der Waals surface area contributed by atoms with Gasteiger partial charge in [-0.2, -0.15) is 0 Å². The van der Waals surface area contributed by atoms with Crippen molar-refractivity contribution in [1.82, 2.24) is 10.2 Å². The monoisotopic (exact) mass is 593 g/mol. The van der Waals surface area contributed by atoms with Gasteiger partial charge >= 0.3 is 0 Å². The van der Waals surface area contributed by atoms with Crippen molar-refractivity contribution < 1.29 is 17.9 Å². The summed E-state index contributed by atoms with van der Waals surface area (Å²) >= 11 is 0. The maximum atomic E-state index is 13.9. The Kier molecular flexibility index (Phi) is 20.6. The van der Waals surface area contributed by atoms with Gasteiger partial charge in [0.25, 0.3) is 0 Å². The number of alkyl halides is 1. The quantitative estimate of drug-likeness (QED) is 0.234. The molecule has 0 aromatic heterocycles. The van der Waals surface area contributed by atoms with Gasteiger partial charge in [-0.3, -0.25) is 9.29 Å². The summed E-state index contributed by atoms with van der Waals surface area (Å²) in [5, 5.41) is 3.23. The lowest BCUT2D eigenvalue weighted by Gasteiger charge is -2.29. The van der Waals surface area contributed by atoms with Gasteiger partial charge in [-0.25, -0.2) is 8.78 Å². The van der Waals surface area contributed by atoms with E-state index in [-0.39, 0.29) is 5.75 Å². The summed E-state index contributed by atoms with van der Waals surface area (Å²) < 4.78 is 42.1. The van der Waals surface area contributed by atoms with Crippen LogP contribution in [0.5, 0.6) is 5.75 Å². The van der Waals surface area contributed by atoms with Crippen LogP contribution in [0.1, 0.15) is 91.3 Å². The molecule has 0 saturated carbocycles. The minimum absolute atomic E-state index is 0.0907. The zero-order valence-electron chi connectivity index (χ0n) is 27.8. The van der Waals surface area contributed by atoms with Crippen molar-refractivity contribution in [2.45, 2.75) is 86.6 Å². The molecule has 7 heteroatoms. The topological polar surface area (TPSA) is 27.7 Å². The van der Waals surface area contributed by atoms with E-state index in [4.69, 9.17) is 4.74 Å². The number of fused-ring (bicyclic) bond motifs is 1. The van der Waals surface area contributed by atoms with E-state index in [1.54, 1.807) is 6.20 Å². The smallest absolute Gasteiger partial charge is 0.167 e. The Labute approximate surface area is 255 Å². The average Bonchev–Trinajstić information content (AvgIpc) is 3.39. The van der Waals surface area contributed by atoms with Crippen LogP contribution >= 0.6 is 0 Å². The summed E-state index contributed by atoms with van der Waals surface area (Å²) in [5.74, 6) is -1.17. The van der Waals surface area contributed by atoms with Gasteiger partial charge in [0.05, 0.1) is 7.18 Å². The van der Waals surface area contributed by atoms with Gasteiger partial charge < -0.3 is 15.0 Å². The Hall–Kier alpha value is -2.67. The Bertz CT molecular complexity index is 994. The molecule has 2 aromatic carbocycles. The number of rotatable bonds is 13. The van der Waals surface area contributed by atoms with Gasteiger partial charge in [-0.15, -0.1) is 0 Å². The summed E-state index contributed by atoms with van der Waals surface area (Å²) in [6, 6.07) is 10.6. The molecule has 4 nitrogen and oxygen atoms in total. The third-order valence-corrected chi connectivity index (χ3v) is 6.69. The number of nitrogens with zero attached hydrogens (tertiary/aromatic N) is 2. The van der Waals surface area contributed by atoms with Crippen LogP contribution in [0.2, 0.25) is 0 Å². The van der Waals surface area contributed by atoms with Crippen LogP contribution in [-0.4, -0.2) is 51.9 Å². The highest BCUT2D eigenvalue weighted by Gasteiger charge is 2.27. The molecular weight excluding hydrogens is 535 g/mol. The largest absolute Gasteiger partial charge is 0.489 e. The molecule has 0 amide bonds. The number of likely N-dealkylation sites (N-methyl/N-ethyl adjacent to an activating group) is 1. The van der Waals surface area contributed by atoms with E-state index in [0.29, 0.717) is 31.8 Å². The minimum atomic E-state index is -0.666. The predicted molar refractivity (Wildman–Crippen MR) is 175 cm³/mol. The fraction of sp³-hybridized carbons (Fsp3) is 0.600.